The summed E-state index contributed by atoms with van der Waals surface area (Å²) in [5, 5.41) is 2.77. The standard InChI is InChI=1S/C22H19Cl2F3N4O3/c1-13(32)29-19-11-14(3-5-28-19)15-8-16(10-17(24)9-15)18-12-30(20(33)2-4-23)6-7-31(18)21(34)22(25,26)27/h2-5,8-11,18H,6-7,12H2,1H3,(H,28,29,32). The third-order valence-corrected chi connectivity index (χ3v) is 5.45. The summed E-state index contributed by atoms with van der Waals surface area (Å²) in [6.45, 7) is 0.730. The lowest BCUT2D eigenvalue weighted by molar-refractivity contribution is -0.190. The number of carbonyl (C=O) groups excluding carboxylic acids is 3. The molecule has 1 aromatic heterocycles. The second-order valence-corrected chi connectivity index (χ2v) is 8.16. The van der Waals surface area contributed by atoms with Crippen LogP contribution in [0.25, 0.3) is 11.1 Å². The fourth-order valence-corrected chi connectivity index (χ4v) is 4.02. The average Bonchev–Trinajstić information content (AvgIpc) is 2.77. The van der Waals surface area contributed by atoms with Crippen molar-refractivity contribution in [2.75, 3.05) is 25.0 Å². The molecule has 0 aliphatic carbocycles. The van der Waals surface area contributed by atoms with Gasteiger partial charge in [-0.15, -0.1) is 0 Å². The van der Waals surface area contributed by atoms with Gasteiger partial charge in [-0.3, -0.25) is 14.4 Å². The van der Waals surface area contributed by atoms with Gasteiger partial charge in [0.25, 0.3) is 0 Å². The Labute approximate surface area is 203 Å². The largest absolute Gasteiger partial charge is 0.471 e. The van der Waals surface area contributed by atoms with Crippen molar-refractivity contribution in [3.63, 3.8) is 0 Å². The smallest absolute Gasteiger partial charge is 0.335 e. The van der Waals surface area contributed by atoms with E-state index in [9.17, 15) is 27.6 Å². The number of nitrogens with one attached hydrogen (secondary N) is 1. The number of amides is 3. The number of rotatable bonds is 4. The molecule has 0 spiro atoms. The lowest BCUT2D eigenvalue weighted by Crippen LogP contribution is -2.55. The third-order valence-electron chi connectivity index (χ3n) is 5.10. The number of pyridine rings is 1. The molecule has 0 bridgehead atoms. The lowest BCUT2D eigenvalue weighted by Gasteiger charge is -2.41. The molecule has 1 atom stereocenters. The SMILES string of the molecule is CC(=O)Nc1cc(-c2cc(Cl)cc(C3CN(C(=O)C=CCl)CCN3C(=O)C(F)(F)F)c2)ccn1. The first-order chi connectivity index (χ1) is 16.0. The van der Waals surface area contributed by atoms with Crippen molar-refractivity contribution in [3.05, 3.63) is 58.7 Å². The maximum Gasteiger partial charge on any atom is 0.471 e. The van der Waals surface area contributed by atoms with Crippen molar-refractivity contribution < 1.29 is 27.6 Å². The number of hydrogen-bond donors (Lipinski definition) is 1. The van der Waals surface area contributed by atoms with Crippen LogP contribution in [0.3, 0.4) is 0 Å². The number of piperazine rings is 1. The molecule has 34 heavy (non-hydrogen) atoms. The van der Waals surface area contributed by atoms with Crippen LogP contribution < -0.4 is 5.32 Å². The van der Waals surface area contributed by atoms with Crippen LogP contribution in [0.5, 0.6) is 0 Å². The number of halogens is 5. The van der Waals surface area contributed by atoms with Crippen LogP contribution in [0.4, 0.5) is 19.0 Å². The Kier molecular flexibility index (Phi) is 7.83. The zero-order valence-corrected chi connectivity index (χ0v) is 19.3. The first-order valence-corrected chi connectivity index (χ1v) is 10.8. The molecule has 1 aliphatic heterocycles. The highest BCUT2D eigenvalue weighted by atomic mass is 35.5. The maximum atomic E-state index is 13.3. The Bertz CT molecular complexity index is 1140. The minimum Gasteiger partial charge on any atom is -0.335 e. The van der Waals surface area contributed by atoms with Crippen molar-refractivity contribution in [2.45, 2.75) is 19.1 Å². The Morgan fingerprint density at radius 2 is 1.88 bits per heavy atom. The first kappa shape index (κ1) is 25.5. The summed E-state index contributed by atoms with van der Waals surface area (Å²) in [5.41, 5.74) is 2.44. The van der Waals surface area contributed by atoms with Crippen LogP contribution in [0.15, 0.2) is 48.1 Å². The van der Waals surface area contributed by atoms with E-state index < -0.39 is 24.0 Å². The topological polar surface area (TPSA) is 82.6 Å². The summed E-state index contributed by atoms with van der Waals surface area (Å²) in [6.07, 6.45) is -2.54. The second-order valence-electron chi connectivity index (χ2n) is 7.47. The number of carbonyl (C=O) groups is 3. The van der Waals surface area contributed by atoms with Gasteiger partial charge in [-0.2, -0.15) is 13.2 Å². The molecular formula is C22H19Cl2F3N4O3. The minimum atomic E-state index is -5.08. The summed E-state index contributed by atoms with van der Waals surface area (Å²) in [6, 6.07) is 6.75. The Morgan fingerprint density at radius 3 is 2.53 bits per heavy atom. The van der Waals surface area contributed by atoms with E-state index in [1.807, 2.05) is 0 Å². The van der Waals surface area contributed by atoms with Crippen LogP contribution in [-0.4, -0.2) is 58.3 Å². The number of benzene rings is 1. The molecule has 0 radical (unpaired) electrons. The van der Waals surface area contributed by atoms with E-state index in [0.717, 1.165) is 11.6 Å². The van der Waals surface area contributed by atoms with Gasteiger partial charge in [-0.1, -0.05) is 23.2 Å². The highest BCUT2D eigenvalue weighted by molar-refractivity contribution is 6.31. The Hall–Kier alpha value is -3.11. The van der Waals surface area contributed by atoms with Gasteiger partial charge in [-0.05, 0) is 47.0 Å². The quantitative estimate of drug-likeness (QED) is 0.613. The summed E-state index contributed by atoms with van der Waals surface area (Å²) in [7, 11) is 0. The van der Waals surface area contributed by atoms with Gasteiger partial charge in [0.05, 0.1) is 6.04 Å². The van der Waals surface area contributed by atoms with E-state index in [0.29, 0.717) is 21.6 Å². The fraction of sp³-hybridized carbons (Fsp3) is 0.273. The molecule has 12 heteroatoms. The van der Waals surface area contributed by atoms with E-state index in [-0.39, 0.29) is 36.4 Å². The molecular weight excluding hydrogens is 496 g/mol. The second kappa shape index (κ2) is 10.4. The van der Waals surface area contributed by atoms with E-state index in [1.165, 1.54) is 24.1 Å². The molecule has 1 aliphatic rings. The van der Waals surface area contributed by atoms with Gasteiger partial charge in [0.2, 0.25) is 11.8 Å². The van der Waals surface area contributed by atoms with Gasteiger partial charge in [0.1, 0.15) is 5.82 Å². The molecule has 1 saturated heterocycles. The van der Waals surface area contributed by atoms with Gasteiger partial charge < -0.3 is 15.1 Å². The molecule has 1 aromatic carbocycles. The summed E-state index contributed by atoms with van der Waals surface area (Å²) in [5.74, 6) is -2.54. The van der Waals surface area contributed by atoms with E-state index in [2.05, 4.69) is 10.3 Å². The van der Waals surface area contributed by atoms with E-state index in [4.69, 9.17) is 23.2 Å². The normalized spacial score (nSPS) is 16.6. The molecule has 1 unspecified atom stereocenters. The Morgan fingerprint density at radius 1 is 1.15 bits per heavy atom. The highest BCUT2D eigenvalue weighted by Crippen LogP contribution is 2.35. The summed E-state index contributed by atoms with van der Waals surface area (Å²) in [4.78, 5) is 41.9. The molecule has 3 rings (SSSR count). The number of aromatic nitrogens is 1. The predicted molar refractivity (Wildman–Crippen MR) is 121 cm³/mol. The molecule has 2 aromatic rings. The molecule has 180 valence electrons. The van der Waals surface area contributed by atoms with Gasteiger partial charge >= 0.3 is 12.1 Å². The van der Waals surface area contributed by atoms with Crippen LogP contribution in [0.2, 0.25) is 5.02 Å². The molecule has 3 amide bonds. The Balaban J connectivity index is 2.04. The zero-order chi connectivity index (χ0) is 25.0. The molecule has 1 N–H and O–H groups in total. The number of alkyl halides is 3. The van der Waals surface area contributed by atoms with Crippen LogP contribution in [-0.2, 0) is 14.4 Å². The minimum absolute atomic E-state index is 0.0871. The molecule has 0 saturated carbocycles. The van der Waals surface area contributed by atoms with Gasteiger partial charge in [0, 0.05) is 49.4 Å². The van der Waals surface area contributed by atoms with E-state index >= 15 is 0 Å². The molecule has 2 heterocycles. The van der Waals surface area contributed by atoms with Crippen molar-refractivity contribution in [1.29, 1.82) is 0 Å². The first-order valence-electron chi connectivity index (χ1n) is 9.97. The van der Waals surface area contributed by atoms with E-state index in [1.54, 1.807) is 24.3 Å². The highest BCUT2D eigenvalue weighted by Gasteiger charge is 2.46. The monoisotopic (exact) mass is 514 g/mol. The van der Waals surface area contributed by atoms with Crippen LogP contribution >= 0.6 is 23.2 Å². The van der Waals surface area contributed by atoms with Gasteiger partial charge in [0.15, 0.2) is 0 Å². The summed E-state index contributed by atoms with van der Waals surface area (Å²) >= 11 is 11.8. The number of hydrogen-bond acceptors (Lipinski definition) is 4. The van der Waals surface area contributed by atoms with Crippen LogP contribution in [0, 0.1) is 0 Å². The van der Waals surface area contributed by atoms with Crippen LogP contribution in [0.1, 0.15) is 18.5 Å². The molecule has 7 nitrogen and oxygen atoms in total. The van der Waals surface area contributed by atoms with Crippen molar-refractivity contribution >= 4 is 46.7 Å². The third kappa shape index (κ3) is 6.06. The lowest BCUT2D eigenvalue weighted by atomic mass is 9.97. The molecule has 1 fully saturated rings. The summed E-state index contributed by atoms with van der Waals surface area (Å²) < 4.78 is 39.9. The number of anilines is 1. The average molecular weight is 515 g/mol. The maximum absolute atomic E-state index is 13.3. The predicted octanol–water partition coefficient (Wildman–Crippen LogP) is 4.39. The van der Waals surface area contributed by atoms with Crippen molar-refractivity contribution in [3.8, 4) is 11.1 Å². The fourth-order valence-electron chi connectivity index (χ4n) is 3.66. The van der Waals surface area contributed by atoms with Crippen molar-refractivity contribution in [2.24, 2.45) is 0 Å². The zero-order valence-electron chi connectivity index (χ0n) is 17.8. The van der Waals surface area contributed by atoms with Gasteiger partial charge in [-0.25, -0.2) is 4.98 Å². The van der Waals surface area contributed by atoms with Crippen molar-refractivity contribution in [1.82, 2.24) is 14.8 Å². The number of nitrogens with zero attached hydrogens (tertiary/aromatic N) is 3.